The molecule has 0 saturated carbocycles. The van der Waals surface area contributed by atoms with E-state index in [1.807, 2.05) is 31.2 Å². The van der Waals surface area contributed by atoms with Gasteiger partial charge in [0.2, 0.25) is 0 Å². The molecule has 0 fully saturated rings. The van der Waals surface area contributed by atoms with E-state index < -0.39 is 0 Å². The number of rotatable bonds is 9. The third kappa shape index (κ3) is 7.85. The first kappa shape index (κ1) is 16.0. The van der Waals surface area contributed by atoms with Gasteiger partial charge in [-0.05, 0) is 44.2 Å². The van der Waals surface area contributed by atoms with Gasteiger partial charge in [-0.25, -0.2) is 0 Å². The maximum Gasteiger partial charge on any atom is 0.305 e. The lowest BCUT2D eigenvalue weighted by Crippen LogP contribution is -2.22. The fourth-order valence-electron chi connectivity index (χ4n) is 1.49. The molecule has 0 spiro atoms. The molecule has 1 aromatic carbocycles. The molecule has 5 heteroatoms. The van der Waals surface area contributed by atoms with Crippen LogP contribution in [0.25, 0.3) is 0 Å². The zero-order valence-corrected chi connectivity index (χ0v) is 12.7. The topological polar surface area (TPSA) is 47.6 Å². The van der Waals surface area contributed by atoms with Gasteiger partial charge in [0.25, 0.3) is 0 Å². The maximum absolute atomic E-state index is 11.1. The Morgan fingerprint density at radius 1 is 1.26 bits per heavy atom. The summed E-state index contributed by atoms with van der Waals surface area (Å²) in [6, 6.07) is 7.74. The second kappa shape index (κ2) is 9.81. The highest BCUT2D eigenvalue weighted by Gasteiger charge is 2.00. The van der Waals surface area contributed by atoms with Crippen molar-refractivity contribution in [2.75, 3.05) is 26.3 Å². The second-order valence-electron chi connectivity index (χ2n) is 3.96. The Morgan fingerprint density at radius 2 is 2.00 bits per heavy atom. The molecule has 0 amide bonds. The number of hydrogen-bond acceptors (Lipinski definition) is 4. The van der Waals surface area contributed by atoms with E-state index in [0.717, 1.165) is 29.7 Å². The smallest absolute Gasteiger partial charge is 0.305 e. The van der Waals surface area contributed by atoms with Gasteiger partial charge in [-0.3, -0.25) is 4.79 Å². The van der Waals surface area contributed by atoms with Crippen molar-refractivity contribution in [3.63, 3.8) is 0 Å². The van der Waals surface area contributed by atoms with Gasteiger partial charge in [-0.15, -0.1) is 0 Å². The van der Waals surface area contributed by atoms with E-state index in [0.29, 0.717) is 19.6 Å². The third-order valence-corrected chi connectivity index (χ3v) is 2.93. The van der Waals surface area contributed by atoms with E-state index in [9.17, 15) is 4.79 Å². The SMILES string of the molecule is CCOC(=O)CCCNCCOc1ccc(Br)cc1. The zero-order chi connectivity index (χ0) is 13.9. The summed E-state index contributed by atoms with van der Waals surface area (Å²) in [5.74, 6) is 0.729. The van der Waals surface area contributed by atoms with Gasteiger partial charge in [0.05, 0.1) is 6.61 Å². The van der Waals surface area contributed by atoms with Crippen molar-refractivity contribution in [1.82, 2.24) is 5.32 Å². The van der Waals surface area contributed by atoms with Crippen LogP contribution in [0.15, 0.2) is 28.7 Å². The molecule has 1 rings (SSSR count). The highest BCUT2D eigenvalue weighted by Crippen LogP contribution is 2.15. The fraction of sp³-hybridized carbons (Fsp3) is 0.500. The molecule has 0 atom stereocenters. The normalized spacial score (nSPS) is 10.2. The van der Waals surface area contributed by atoms with Crippen molar-refractivity contribution in [2.45, 2.75) is 19.8 Å². The van der Waals surface area contributed by atoms with Gasteiger partial charge >= 0.3 is 5.97 Å². The van der Waals surface area contributed by atoms with Crippen molar-refractivity contribution in [2.24, 2.45) is 0 Å². The predicted octanol–water partition coefficient (Wildman–Crippen LogP) is 2.76. The van der Waals surface area contributed by atoms with E-state index in [2.05, 4.69) is 21.2 Å². The molecule has 4 nitrogen and oxygen atoms in total. The Balaban J connectivity index is 1.96. The van der Waals surface area contributed by atoms with Gasteiger partial charge in [0.1, 0.15) is 12.4 Å². The lowest BCUT2D eigenvalue weighted by Gasteiger charge is -2.07. The van der Waals surface area contributed by atoms with E-state index >= 15 is 0 Å². The van der Waals surface area contributed by atoms with Crippen LogP contribution in [0, 0.1) is 0 Å². The first-order valence-corrected chi connectivity index (χ1v) is 7.26. The largest absolute Gasteiger partial charge is 0.492 e. The van der Waals surface area contributed by atoms with Gasteiger partial charge in [0, 0.05) is 17.4 Å². The standard InChI is InChI=1S/C14H20BrNO3/c1-2-18-14(17)4-3-9-16-10-11-19-13-7-5-12(15)6-8-13/h5-8,16H,2-4,9-11H2,1H3. The van der Waals surface area contributed by atoms with Gasteiger partial charge in [0.15, 0.2) is 0 Å². The maximum atomic E-state index is 11.1. The Bertz CT molecular complexity index is 367. The summed E-state index contributed by atoms with van der Waals surface area (Å²) in [6.45, 7) is 4.44. The first-order chi connectivity index (χ1) is 9.22. The minimum atomic E-state index is -0.129. The van der Waals surface area contributed by atoms with Crippen LogP contribution in [0.3, 0.4) is 0 Å². The van der Waals surface area contributed by atoms with Crippen LogP contribution in [0.1, 0.15) is 19.8 Å². The molecule has 1 aromatic rings. The molecule has 0 radical (unpaired) electrons. The monoisotopic (exact) mass is 329 g/mol. The van der Waals surface area contributed by atoms with Crippen molar-refractivity contribution < 1.29 is 14.3 Å². The summed E-state index contributed by atoms with van der Waals surface area (Å²) in [5, 5.41) is 3.22. The average molecular weight is 330 g/mol. The minimum Gasteiger partial charge on any atom is -0.492 e. The van der Waals surface area contributed by atoms with Crippen molar-refractivity contribution in [3.05, 3.63) is 28.7 Å². The van der Waals surface area contributed by atoms with Crippen molar-refractivity contribution in [3.8, 4) is 5.75 Å². The fourth-order valence-corrected chi connectivity index (χ4v) is 1.75. The number of hydrogen-bond donors (Lipinski definition) is 1. The molecule has 0 unspecified atom stereocenters. The predicted molar refractivity (Wildman–Crippen MR) is 78.4 cm³/mol. The van der Waals surface area contributed by atoms with Gasteiger partial charge in [-0.1, -0.05) is 15.9 Å². The highest BCUT2D eigenvalue weighted by molar-refractivity contribution is 9.10. The number of carbonyl (C=O) groups is 1. The molecule has 0 aromatic heterocycles. The molecule has 0 heterocycles. The Hall–Kier alpha value is -1.07. The first-order valence-electron chi connectivity index (χ1n) is 6.47. The molecule has 0 aliphatic heterocycles. The number of carbonyl (C=O) groups excluding carboxylic acids is 1. The van der Waals surface area contributed by atoms with Crippen molar-refractivity contribution >= 4 is 21.9 Å². The molecule has 1 N–H and O–H groups in total. The Labute approximate surface area is 122 Å². The van der Waals surface area contributed by atoms with Crippen molar-refractivity contribution in [1.29, 1.82) is 0 Å². The zero-order valence-electron chi connectivity index (χ0n) is 11.2. The number of benzene rings is 1. The molecule has 0 aliphatic carbocycles. The summed E-state index contributed by atoms with van der Waals surface area (Å²) in [5.41, 5.74) is 0. The van der Waals surface area contributed by atoms with Crippen LogP contribution in [-0.2, 0) is 9.53 Å². The van der Waals surface area contributed by atoms with Crippen LogP contribution in [0.5, 0.6) is 5.75 Å². The molecule has 106 valence electrons. The summed E-state index contributed by atoms with van der Waals surface area (Å²) in [7, 11) is 0. The van der Waals surface area contributed by atoms with E-state index in [-0.39, 0.29) is 5.97 Å². The number of halogens is 1. The van der Waals surface area contributed by atoms with Gasteiger partial charge in [-0.2, -0.15) is 0 Å². The van der Waals surface area contributed by atoms with Gasteiger partial charge < -0.3 is 14.8 Å². The molecular formula is C14H20BrNO3. The minimum absolute atomic E-state index is 0.129. The van der Waals surface area contributed by atoms with E-state index in [1.165, 1.54) is 0 Å². The lowest BCUT2D eigenvalue weighted by molar-refractivity contribution is -0.143. The third-order valence-electron chi connectivity index (χ3n) is 2.40. The second-order valence-corrected chi connectivity index (χ2v) is 4.88. The number of ether oxygens (including phenoxy) is 2. The number of esters is 1. The molecular weight excluding hydrogens is 310 g/mol. The molecule has 0 aliphatic rings. The molecule has 19 heavy (non-hydrogen) atoms. The Morgan fingerprint density at radius 3 is 2.68 bits per heavy atom. The van der Waals surface area contributed by atoms with Crippen LogP contribution < -0.4 is 10.1 Å². The van der Waals surface area contributed by atoms with Crippen LogP contribution in [0.4, 0.5) is 0 Å². The van der Waals surface area contributed by atoms with Crippen LogP contribution >= 0.6 is 15.9 Å². The lowest BCUT2D eigenvalue weighted by atomic mass is 10.3. The van der Waals surface area contributed by atoms with Crippen LogP contribution in [-0.4, -0.2) is 32.3 Å². The quantitative estimate of drug-likeness (QED) is 0.559. The molecule has 0 bridgehead atoms. The molecule has 0 saturated heterocycles. The average Bonchev–Trinajstić information content (AvgIpc) is 2.40. The summed E-state index contributed by atoms with van der Waals surface area (Å²) >= 11 is 3.37. The van der Waals surface area contributed by atoms with Crippen LogP contribution in [0.2, 0.25) is 0 Å². The number of nitrogens with one attached hydrogen (secondary N) is 1. The Kier molecular flexibility index (Phi) is 8.25. The van der Waals surface area contributed by atoms with E-state index in [1.54, 1.807) is 0 Å². The summed E-state index contributed by atoms with van der Waals surface area (Å²) in [6.07, 6.45) is 1.26. The summed E-state index contributed by atoms with van der Waals surface area (Å²) in [4.78, 5) is 11.1. The summed E-state index contributed by atoms with van der Waals surface area (Å²) < 4.78 is 11.4. The highest BCUT2D eigenvalue weighted by atomic mass is 79.9. The van der Waals surface area contributed by atoms with E-state index in [4.69, 9.17) is 9.47 Å².